The molecule has 38 heavy (non-hydrogen) atoms. The monoisotopic (exact) mass is 550 g/mol. The molecule has 7 nitrogen and oxygen atoms in total. The van der Waals surface area contributed by atoms with Gasteiger partial charge in [0.1, 0.15) is 18.0 Å². The van der Waals surface area contributed by atoms with E-state index in [4.69, 9.17) is 23.2 Å². The number of halogens is 3. The summed E-state index contributed by atoms with van der Waals surface area (Å²) in [5.41, 5.74) is 7.79. The Morgan fingerprint density at radius 3 is 2.58 bits per heavy atom. The van der Waals surface area contributed by atoms with Gasteiger partial charge in [-0.05, 0) is 80.2 Å². The molecule has 194 valence electrons. The number of hydrazine groups is 1. The highest BCUT2D eigenvalue weighted by Gasteiger charge is 2.45. The van der Waals surface area contributed by atoms with Crippen molar-refractivity contribution < 1.29 is 9.18 Å². The average molecular weight is 551 g/mol. The Kier molecular flexibility index (Phi) is 6.13. The number of aromatic nitrogens is 3. The van der Waals surface area contributed by atoms with Gasteiger partial charge in [0.05, 0.1) is 38.6 Å². The molecule has 1 amide bonds. The third-order valence-corrected chi connectivity index (χ3v) is 7.96. The van der Waals surface area contributed by atoms with E-state index in [1.807, 2.05) is 6.92 Å². The number of carbonyl (C=O) groups is 1. The lowest BCUT2D eigenvalue weighted by Gasteiger charge is -2.41. The molecule has 0 spiro atoms. The Bertz CT molecular complexity index is 1520. The minimum absolute atomic E-state index is 0.153. The van der Waals surface area contributed by atoms with Crippen LogP contribution in [0.2, 0.25) is 10.0 Å². The number of fused-ring (bicyclic) bond motifs is 2. The summed E-state index contributed by atoms with van der Waals surface area (Å²) in [7, 11) is 0. The number of allylic oxidation sites excluding steroid dienone is 3. The third-order valence-electron chi connectivity index (χ3n) is 7.37. The van der Waals surface area contributed by atoms with Crippen molar-refractivity contribution >= 4 is 29.1 Å². The van der Waals surface area contributed by atoms with Crippen LogP contribution in [0.4, 0.5) is 4.39 Å². The van der Waals surface area contributed by atoms with E-state index >= 15 is 0 Å². The molecule has 0 bridgehead atoms. The van der Waals surface area contributed by atoms with E-state index in [1.165, 1.54) is 17.7 Å². The highest BCUT2D eigenvalue weighted by atomic mass is 35.5. The molecule has 3 heterocycles. The first-order valence-corrected chi connectivity index (χ1v) is 13.1. The summed E-state index contributed by atoms with van der Waals surface area (Å²) >= 11 is 13.2. The van der Waals surface area contributed by atoms with E-state index < -0.39 is 11.4 Å². The number of nitrogens with zero attached hydrogens (tertiary/aromatic N) is 4. The average Bonchev–Trinajstić information content (AvgIpc) is 3.46. The van der Waals surface area contributed by atoms with Crippen molar-refractivity contribution in [2.75, 3.05) is 0 Å². The minimum atomic E-state index is -0.778. The van der Waals surface area contributed by atoms with Crippen LogP contribution >= 0.6 is 23.2 Å². The summed E-state index contributed by atoms with van der Waals surface area (Å²) < 4.78 is 15.4. The van der Waals surface area contributed by atoms with Crippen LogP contribution in [0.5, 0.6) is 0 Å². The molecular weight excluding hydrogens is 526 g/mol. The summed E-state index contributed by atoms with van der Waals surface area (Å²) in [5.74, 6) is -0.127. The second-order valence-electron chi connectivity index (χ2n) is 9.95. The largest absolute Gasteiger partial charge is 0.342 e. The number of carbonyl (C=O) groups excluding carboxylic acids is 1. The van der Waals surface area contributed by atoms with Gasteiger partial charge in [0.15, 0.2) is 0 Å². The molecule has 3 aromatic rings. The van der Waals surface area contributed by atoms with Crippen molar-refractivity contribution in [3.63, 3.8) is 0 Å². The van der Waals surface area contributed by atoms with Gasteiger partial charge < -0.3 is 5.32 Å². The first kappa shape index (κ1) is 24.9. The molecule has 0 saturated heterocycles. The fourth-order valence-electron chi connectivity index (χ4n) is 5.51. The molecule has 1 fully saturated rings. The van der Waals surface area contributed by atoms with Gasteiger partial charge in [-0.3, -0.25) is 9.80 Å². The van der Waals surface area contributed by atoms with Crippen molar-refractivity contribution in [1.82, 2.24) is 30.5 Å². The fourth-order valence-corrected chi connectivity index (χ4v) is 6.16. The van der Waals surface area contributed by atoms with Crippen molar-refractivity contribution in [3.05, 3.63) is 111 Å². The van der Waals surface area contributed by atoms with Crippen LogP contribution in [0, 0.1) is 12.7 Å². The highest BCUT2D eigenvalue weighted by molar-refractivity contribution is 6.40. The lowest BCUT2D eigenvalue weighted by atomic mass is 9.72. The molecule has 1 aromatic heterocycles. The Balaban J connectivity index is 1.38. The van der Waals surface area contributed by atoms with E-state index in [1.54, 1.807) is 42.2 Å². The first-order chi connectivity index (χ1) is 18.2. The maximum Gasteiger partial charge on any atom is 0.255 e. The van der Waals surface area contributed by atoms with Gasteiger partial charge >= 0.3 is 0 Å². The number of nitrogens with one attached hydrogen (secondary N) is 2. The number of amides is 1. The van der Waals surface area contributed by atoms with Gasteiger partial charge in [-0.25, -0.2) is 19.5 Å². The van der Waals surface area contributed by atoms with E-state index in [-0.39, 0.29) is 27.5 Å². The van der Waals surface area contributed by atoms with Crippen LogP contribution in [-0.2, 0) is 5.54 Å². The van der Waals surface area contributed by atoms with Crippen LogP contribution in [0.1, 0.15) is 47.9 Å². The van der Waals surface area contributed by atoms with Crippen LogP contribution < -0.4 is 10.7 Å². The van der Waals surface area contributed by atoms with Gasteiger partial charge in [0.2, 0.25) is 0 Å². The predicted octanol–water partition coefficient (Wildman–Crippen LogP) is 5.75. The number of benzene rings is 2. The molecule has 2 N–H and O–H groups in total. The first-order valence-electron chi connectivity index (χ1n) is 12.3. The summed E-state index contributed by atoms with van der Waals surface area (Å²) in [4.78, 5) is 17.9. The lowest BCUT2D eigenvalue weighted by molar-refractivity contribution is 0.0875. The van der Waals surface area contributed by atoms with Gasteiger partial charge in [0.25, 0.3) is 5.91 Å². The smallest absolute Gasteiger partial charge is 0.255 e. The summed E-state index contributed by atoms with van der Waals surface area (Å²) in [6, 6.07) is 9.76. The van der Waals surface area contributed by atoms with Crippen molar-refractivity contribution in [3.8, 4) is 5.69 Å². The maximum absolute atomic E-state index is 13.9. The van der Waals surface area contributed by atoms with Gasteiger partial charge in [-0.1, -0.05) is 41.4 Å². The number of hydrogen-bond donors (Lipinski definition) is 2. The Morgan fingerprint density at radius 1 is 1.16 bits per heavy atom. The number of aryl methyl sites for hydroxylation is 1. The zero-order valence-corrected chi connectivity index (χ0v) is 22.3. The predicted molar refractivity (Wildman–Crippen MR) is 144 cm³/mol. The van der Waals surface area contributed by atoms with E-state index in [0.29, 0.717) is 24.4 Å². The molecule has 10 heteroatoms. The highest BCUT2D eigenvalue weighted by Crippen LogP contribution is 2.45. The molecule has 1 aliphatic carbocycles. The summed E-state index contributed by atoms with van der Waals surface area (Å²) in [5, 5.41) is 10.0. The fraction of sp³-hybridized carbons (Fsp3) is 0.250. The van der Waals surface area contributed by atoms with E-state index in [2.05, 4.69) is 44.2 Å². The van der Waals surface area contributed by atoms with Crippen molar-refractivity contribution in [1.29, 1.82) is 0 Å². The van der Waals surface area contributed by atoms with Gasteiger partial charge in [-0.15, -0.1) is 0 Å². The molecule has 2 unspecified atom stereocenters. The number of hydrogen-bond acceptors (Lipinski definition) is 5. The van der Waals surface area contributed by atoms with E-state index in [0.717, 1.165) is 23.3 Å². The van der Waals surface area contributed by atoms with Crippen LogP contribution in [0.25, 0.3) is 5.69 Å². The second-order valence-corrected chi connectivity index (χ2v) is 10.8. The Morgan fingerprint density at radius 2 is 1.89 bits per heavy atom. The van der Waals surface area contributed by atoms with Crippen LogP contribution in [0.3, 0.4) is 0 Å². The lowest BCUT2D eigenvalue weighted by Crippen LogP contribution is -2.51. The zero-order valence-electron chi connectivity index (χ0n) is 20.8. The second kappa shape index (κ2) is 9.38. The molecule has 0 radical (unpaired) electrons. The molecule has 1 saturated carbocycles. The van der Waals surface area contributed by atoms with E-state index in [9.17, 15) is 9.18 Å². The SMILES string of the molecule is CC1=CN2NC3CCC(NC(=O)c4c(Cl)cc(-n5cnc(C)n5)cc4Cl)(c4ccc(F)cc4)CC3=C2C=C1. The summed E-state index contributed by atoms with van der Waals surface area (Å²) in [6.45, 7) is 3.83. The molecule has 6 rings (SSSR count). The van der Waals surface area contributed by atoms with Crippen LogP contribution in [-0.4, -0.2) is 31.7 Å². The minimum Gasteiger partial charge on any atom is -0.342 e. The van der Waals surface area contributed by atoms with Gasteiger partial charge in [-0.2, -0.15) is 5.10 Å². The maximum atomic E-state index is 13.9. The van der Waals surface area contributed by atoms with Gasteiger partial charge in [0, 0.05) is 6.20 Å². The number of rotatable bonds is 4. The van der Waals surface area contributed by atoms with Crippen molar-refractivity contribution in [2.45, 2.75) is 44.7 Å². The van der Waals surface area contributed by atoms with Crippen molar-refractivity contribution in [2.24, 2.45) is 0 Å². The quantitative estimate of drug-likeness (QED) is 0.432. The Labute approximate surface area is 229 Å². The normalized spacial score (nSPS) is 22.3. The van der Waals surface area contributed by atoms with Crippen LogP contribution in [0.15, 0.2) is 77.9 Å². The molecular formula is C28H25Cl2FN6O. The summed E-state index contributed by atoms with van der Waals surface area (Å²) in [6.07, 6.45) is 9.77. The molecule has 3 aliphatic rings. The zero-order chi connectivity index (χ0) is 26.6. The standard InChI is InChI=1S/C28H25Cl2FN6O/c1-16-3-8-25-21-13-28(18-4-6-19(31)7-5-18,10-9-24(21)35-36(25)14-16)33-27(38)26-22(29)11-20(12-23(26)30)37-15-32-17(2)34-37/h3-8,11-12,14-15,24,35H,9-10,13H2,1-2H3,(H,33,38). The molecule has 2 aromatic carbocycles. The third kappa shape index (κ3) is 4.32. The Hall–Kier alpha value is -3.46. The molecule has 2 aliphatic heterocycles. The topological polar surface area (TPSA) is 75.1 Å². The molecule has 2 atom stereocenters.